The number of aliphatic carboxylic acids is 2. The van der Waals surface area contributed by atoms with Gasteiger partial charge in [-0.05, 0) is 58.6 Å². The van der Waals surface area contributed by atoms with Gasteiger partial charge < -0.3 is 44.9 Å². The number of nitrogens with one attached hydrogen (secondary N) is 1. The molecule has 0 saturated carbocycles. The highest BCUT2D eigenvalue weighted by Gasteiger charge is 2.44. The molecule has 0 spiro atoms. The number of thioether (sulfide) groups is 1. The van der Waals surface area contributed by atoms with E-state index in [4.69, 9.17) is 19.3 Å². The number of aliphatic hydroxyl groups excluding tert-OH is 2. The Morgan fingerprint density at radius 3 is 2.19 bits per heavy atom. The topological polar surface area (TPSA) is 182 Å². The van der Waals surface area contributed by atoms with E-state index in [1.54, 1.807) is 28.6 Å². The van der Waals surface area contributed by atoms with E-state index in [9.17, 15) is 29.7 Å². The van der Waals surface area contributed by atoms with Gasteiger partial charge in [-0.25, -0.2) is 0 Å². The minimum Gasteiger partial charge on any atom is -0.480 e. The molecule has 0 radical (unpaired) electrons. The molecule has 1 fully saturated rings. The summed E-state index contributed by atoms with van der Waals surface area (Å²) >= 11 is 1.64. The fourth-order valence-electron chi connectivity index (χ4n) is 4.50. The number of carboxylic acid groups (broad SMARTS) is 2. The summed E-state index contributed by atoms with van der Waals surface area (Å²) in [6, 6.07) is 0. The number of amides is 1. The average molecular weight is 625 g/mol. The maximum absolute atomic E-state index is 12.4. The molecule has 246 valence electrons. The van der Waals surface area contributed by atoms with Gasteiger partial charge in [-0.15, -0.1) is 0 Å². The van der Waals surface area contributed by atoms with Crippen molar-refractivity contribution < 1.29 is 49.0 Å². The van der Waals surface area contributed by atoms with Gasteiger partial charge in [-0.2, -0.15) is 11.8 Å². The zero-order valence-corrected chi connectivity index (χ0v) is 26.3. The molecule has 1 heterocycles. The second-order valence-electron chi connectivity index (χ2n) is 10.6. The summed E-state index contributed by atoms with van der Waals surface area (Å²) in [6.45, 7) is 5.12. The molecule has 5 atom stereocenters. The van der Waals surface area contributed by atoms with E-state index in [1.165, 1.54) is 7.11 Å². The average Bonchev–Trinajstić information content (AvgIpc) is 2.92. The van der Waals surface area contributed by atoms with Crippen molar-refractivity contribution in [3.05, 3.63) is 0 Å². The maximum Gasteiger partial charge on any atom is 0.317 e. The van der Waals surface area contributed by atoms with Crippen LogP contribution in [0.3, 0.4) is 0 Å². The summed E-state index contributed by atoms with van der Waals surface area (Å²) in [4.78, 5) is 39.8. The Hall–Kier alpha value is -1.56. The molecule has 1 aliphatic heterocycles. The second kappa shape index (κ2) is 22.0. The van der Waals surface area contributed by atoms with Crippen molar-refractivity contribution in [2.24, 2.45) is 0 Å². The molecule has 15 heteroatoms. The molecule has 14 nitrogen and oxygen atoms in total. The summed E-state index contributed by atoms with van der Waals surface area (Å²) in [5.74, 6) is -0.607. The zero-order valence-electron chi connectivity index (χ0n) is 25.5. The number of hydrogen-bond acceptors (Lipinski definition) is 12. The summed E-state index contributed by atoms with van der Waals surface area (Å²) in [5, 5.41) is 41.5. The molecule has 42 heavy (non-hydrogen) atoms. The minimum atomic E-state index is -1.09. The van der Waals surface area contributed by atoms with E-state index in [0.717, 1.165) is 31.7 Å². The number of aliphatic hydroxyl groups is 2. The number of methoxy groups -OCH3 is 1. The number of rotatable bonds is 24. The Morgan fingerprint density at radius 1 is 0.881 bits per heavy atom. The van der Waals surface area contributed by atoms with E-state index in [2.05, 4.69) is 10.2 Å². The standard InChI is InChI=1S/C27H52N4O10S/c1-5-20-24(37)25(38)26(27(39-4)41-20)40-14-8-15-42-16-9-28-21(32)17-31(19-23(35)36)11-7-6-10-29(2)12-13-30(3)18-22(33)34/h20,24-27,37-38H,5-19H2,1-4H3,(H,28,32)(H,33,34)(H,35,36)/t20?,24-,25+,26?,27+/m1/s1. The van der Waals surface area contributed by atoms with Crippen LogP contribution in [0, 0.1) is 0 Å². The Bertz CT molecular complexity index is 781. The first-order valence-corrected chi connectivity index (χ1v) is 15.7. The van der Waals surface area contributed by atoms with Crippen molar-refractivity contribution in [1.82, 2.24) is 20.0 Å². The van der Waals surface area contributed by atoms with Crippen LogP contribution in [0.4, 0.5) is 0 Å². The Balaban J connectivity index is 2.20. The first kappa shape index (κ1) is 38.5. The maximum atomic E-state index is 12.4. The number of ether oxygens (including phenoxy) is 3. The largest absolute Gasteiger partial charge is 0.480 e. The van der Waals surface area contributed by atoms with Crippen LogP contribution in [0.25, 0.3) is 0 Å². The van der Waals surface area contributed by atoms with Gasteiger partial charge in [0, 0.05) is 39.1 Å². The van der Waals surface area contributed by atoms with E-state index in [-0.39, 0.29) is 25.5 Å². The van der Waals surface area contributed by atoms with E-state index in [0.29, 0.717) is 44.8 Å². The van der Waals surface area contributed by atoms with Gasteiger partial charge in [0.2, 0.25) is 5.91 Å². The lowest BCUT2D eigenvalue weighted by atomic mass is 9.97. The van der Waals surface area contributed by atoms with Crippen LogP contribution >= 0.6 is 11.8 Å². The lowest BCUT2D eigenvalue weighted by molar-refractivity contribution is -0.299. The Kier molecular flexibility index (Phi) is 20.2. The SMILES string of the molecule is CCC1O[C@H](OC)C(OCCCSCCNC(=O)CN(CCCCN(C)CCN(C)CC(=O)O)CC(=O)O)[C@@H](O)[C@@H]1O. The van der Waals surface area contributed by atoms with Gasteiger partial charge in [0.1, 0.15) is 18.3 Å². The van der Waals surface area contributed by atoms with Crippen LogP contribution in [0.15, 0.2) is 0 Å². The molecular formula is C27H52N4O10S. The summed E-state index contributed by atoms with van der Waals surface area (Å²) in [7, 11) is 5.19. The monoisotopic (exact) mass is 624 g/mol. The molecule has 1 aliphatic rings. The number of nitrogens with zero attached hydrogens (tertiary/aromatic N) is 3. The van der Waals surface area contributed by atoms with Crippen LogP contribution < -0.4 is 5.32 Å². The van der Waals surface area contributed by atoms with Gasteiger partial charge >= 0.3 is 11.9 Å². The smallest absolute Gasteiger partial charge is 0.317 e. The van der Waals surface area contributed by atoms with Crippen molar-refractivity contribution in [3.8, 4) is 0 Å². The van der Waals surface area contributed by atoms with Crippen molar-refractivity contribution in [3.63, 3.8) is 0 Å². The zero-order chi connectivity index (χ0) is 31.5. The number of carbonyl (C=O) groups is 3. The van der Waals surface area contributed by atoms with Crippen LogP contribution in [-0.2, 0) is 28.6 Å². The van der Waals surface area contributed by atoms with Crippen LogP contribution in [-0.4, -0.2) is 175 Å². The predicted octanol–water partition coefficient (Wildman–Crippen LogP) is -0.771. The van der Waals surface area contributed by atoms with Crippen molar-refractivity contribution in [2.75, 3.05) is 91.7 Å². The molecule has 2 unspecified atom stereocenters. The van der Waals surface area contributed by atoms with Gasteiger partial charge in [0.25, 0.3) is 0 Å². The highest BCUT2D eigenvalue weighted by Crippen LogP contribution is 2.25. The number of carbonyl (C=O) groups excluding carboxylic acids is 1. The molecule has 1 amide bonds. The molecule has 1 rings (SSSR count). The first-order valence-electron chi connectivity index (χ1n) is 14.5. The van der Waals surface area contributed by atoms with Gasteiger partial charge in [0.15, 0.2) is 6.29 Å². The third-order valence-corrected chi connectivity index (χ3v) is 7.92. The molecule has 0 aliphatic carbocycles. The van der Waals surface area contributed by atoms with E-state index in [1.807, 2.05) is 14.0 Å². The molecule has 1 saturated heterocycles. The molecule has 0 bridgehead atoms. The normalized spacial score (nSPS) is 22.6. The van der Waals surface area contributed by atoms with Crippen molar-refractivity contribution >= 4 is 29.6 Å². The van der Waals surface area contributed by atoms with Crippen molar-refractivity contribution in [2.45, 2.75) is 63.3 Å². The molecule has 0 aromatic carbocycles. The summed E-state index contributed by atoms with van der Waals surface area (Å²) in [5.41, 5.74) is 0. The number of likely N-dealkylation sites (N-methyl/N-ethyl adjacent to an activating group) is 2. The molecule has 5 N–H and O–H groups in total. The van der Waals surface area contributed by atoms with E-state index >= 15 is 0 Å². The number of carboxylic acids is 2. The molecule has 0 aromatic heterocycles. The quantitative estimate of drug-likeness (QED) is 0.0844. The highest BCUT2D eigenvalue weighted by atomic mass is 32.2. The second-order valence-corrected chi connectivity index (χ2v) is 11.8. The third-order valence-electron chi connectivity index (χ3n) is 6.85. The minimum absolute atomic E-state index is 0.00229. The number of hydrogen-bond donors (Lipinski definition) is 5. The van der Waals surface area contributed by atoms with Crippen LogP contribution in [0.5, 0.6) is 0 Å². The fourth-order valence-corrected chi connectivity index (χ4v) is 5.27. The Labute approximate surface area is 253 Å². The number of unbranched alkanes of at least 4 members (excludes halogenated alkanes) is 1. The van der Waals surface area contributed by atoms with Crippen LogP contribution in [0.1, 0.15) is 32.6 Å². The van der Waals surface area contributed by atoms with Gasteiger partial charge in [-0.1, -0.05) is 6.92 Å². The van der Waals surface area contributed by atoms with Crippen molar-refractivity contribution in [1.29, 1.82) is 0 Å². The van der Waals surface area contributed by atoms with Gasteiger partial charge in [-0.3, -0.25) is 24.2 Å². The van der Waals surface area contributed by atoms with Crippen LogP contribution in [0.2, 0.25) is 0 Å². The van der Waals surface area contributed by atoms with Gasteiger partial charge in [0.05, 0.1) is 25.7 Å². The van der Waals surface area contributed by atoms with E-state index < -0.39 is 42.6 Å². The lowest BCUT2D eigenvalue weighted by Gasteiger charge is -2.41. The lowest BCUT2D eigenvalue weighted by Crippen LogP contribution is -2.58. The Morgan fingerprint density at radius 2 is 1.55 bits per heavy atom. The highest BCUT2D eigenvalue weighted by molar-refractivity contribution is 7.99. The summed E-state index contributed by atoms with van der Waals surface area (Å²) < 4.78 is 16.7. The molecular weight excluding hydrogens is 572 g/mol. The first-order chi connectivity index (χ1) is 20.0. The molecule has 0 aromatic rings. The fraction of sp³-hybridized carbons (Fsp3) is 0.889. The predicted molar refractivity (Wildman–Crippen MR) is 159 cm³/mol. The summed E-state index contributed by atoms with van der Waals surface area (Å²) in [6.07, 6.45) is -1.34. The third kappa shape index (κ3) is 16.3.